The van der Waals surface area contributed by atoms with E-state index < -0.39 is 23.6 Å². The number of carboxylic acid groups (broad SMARTS) is 2. The lowest BCUT2D eigenvalue weighted by Gasteiger charge is -2.33. The van der Waals surface area contributed by atoms with Crippen LogP contribution in [-0.4, -0.2) is 48.3 Å². The Labute approximate surface area is 203 Å². The van der Waals surface area contributed by atoms with Crippen molar-refractivity contribution in [1.82, 2.24) is 4.58 Å². The largest absolute Gasteiger partial charge is 0.478 e. The molecule has 2 saturated heterocycles. The fourth-order valence-corrected chi connectivity index (χ4v) is 4.87. The number of anilines is 1. The summed E-state index contributed by atoms with van der Waals surface area (Å²) in [4.78, 5) is 25.7. The molecule has 36 heavy (non-hydrogen) atoms. The number of hydrogen-bond acceptors (Lipinski definition) is 4. The lowest BCUT2D eigenvalue weighted by atomic mass is 9.89. The van der Waals surface area contributed by atoms with Crippen LogP contribution >= 0.6 is 0 Å². The maximum atomic E-state index is 15.3. The molecule has 3 heterocycles. The standard InChI is InChI=1S/C27H20F2N2O5/c28-19-10-17-23(12-21(19)30-5-1-6-30)36-24-13-22(31-7-2-8-31)20(29)11-18(24)25(17)16-9-14(26(32)33)3-4-15(16)27(34)35/h3-4,9-13H,1-2,5-8H2,(H-,32,33,34,35)/p+1. The molecule has 9 heteroatoms. The van der Waals surface area contributed by atoms with E-state index in [0.29, 0.717) is 48.6 Å². The molecule has 3 aliphatic heterocycles. The number of nitrogens with zero attached hydrogens (tertiary/aromatic N) is 2. The first-order valence-corrected chi connectivity index (χ1v) is 11.7. The van der Waals surface area contributed by atoms with Gasteiger partial charge in [0, 0.05) is 35.7 Å². The second kappa shape index (κ2) is 8.15. The molecule has 0 radical (unpaired) electrons. The van der Waals surface area contributed by atoms with Crippen LogP contribution in [0.4, 0.5) is 14.5 Å². The molecule has 0 saturated carbocycles. The quantitative estimate of drug-likeness (QED) is 0.327. The molecule has 0 unspecified atom stereocenters. The maximum Gasteiger partial charge on any atom is 0.336 e. The van der Waals surface area contributed by atoms with Gasteiger partial charge in [-0.2, -0.15) is 4.39 Å². The second-order valence-electron chi connectivity index (χ2n) is 9.13. The van der Waals surface area contributed by atoms with Gasteiger partial charge in [-0.25, -0.2) is 18.6 Å². The molecule has 2 aromatic carbocycles. The van der Waals surface area contributed by atoms with Crippen molar-refractivity contribution < 1.29 is 33.0 Å². The van der Waals surface area contributed by atoms with Gasteiger partial charge in [-0.05, 0) is 42.3 Å². The number of carbonyl (C=O) groups is 2. The van der Waals surface area contributed by atoms with E-state index in [0.717, 1.165) is 12.8 Å². The second-order valence-corrected chi connectivity index (χ2v) is 9.13. The van der Waals surface area contributed by atoms with Gasteiger partial charge in [0.25, 0.3) is 0 Å². The monoisotopic (exact) mass is 491 g/mol. The predicted octanol–water partition coefficient (Wildman–Crippen LogP) is 4.27. The van der Waals surface area contributed by atoms with Crippen molar-refractivity contribution in [1.29, 1.82) is 0 Å². The SMILES string of the molecule is O=C(O)c1ccc(C(=O)O)c(-c2c3cc(F)c(=[N+]4CCC4)cc-3oc3cc(N4CCC4)c(F)cc23)c1. The smallest absolute Gasteiger partial charge is 0.336 e. The van der Waals surface area contributed by atoms with E-state index in [1.165, 1.54) is 30.3 Å². The third-order valence-electron chi connectivity index (χ3n) is 7.02. The lowest BCUT2D eigenvalue weighted by Crippen LogP contribution is -2.42. The topological polar surface area (TPSA) is 94.0 Å². The van der Waals surface area contributed by atoms with Gasteiger partial charge in [-0.15, -0.1) is 0 Å². The van der Waals surface area contributed by atoms with Crippen LogP contribution in [0.1, 0.15) is 33.6 Å². The van der Waals surface area contributed by atoms with Gasteiger partial charge < -0.3 is 19.5 Å². The molecule has 2 N–H and O–H groups in total. The molecule has 0 bridgehead atoms. The van der Waals surface area contributed by atoms with E-state index in [4.69, 9.17) is 4.42 Å². The minimum absolute atomic E-state index is 0.0420. The predicted molar refractivity (Wildman–Crippen MR) is 129 cm³/mol. The summed E-state index contributed by atoms with van der Waals surface area (Å²) in [5, 5.41) is 20.0. The Balaban J connectivity index is 1.76. The zero-order valence-corrected chi connectivity index (χ0v) is 19.1. The van der Waals surface area contributed by atoms with Gasteiger partial charge in [0.05, 0.1) is 29.3 Å². The summed E-state index contributed by atoms with van der Waals surface area (Å²) in [5.74, 6) is -3.30. The van der Waals surface area contributed by atoms with E-state index in [1.54, 1.807) is 12.1 Å². The summed E-state index contributed by atoms with van der Waals surface area (Å²) in [6, 6.07) is 9.25. The summed E-state index contributed by atoms with van der Waals surface area (Å²) >= 11 is 0. The molecule has 0 atom stereocenters. The molecule has 1 aliphatic carbocycles. The van der Waals surface area contributed by atoms with Crippen molar-refractivity contribution >= 4 is 28.6 Å². The summed E-state index contributed by atoms with van der Waals surface area (Å²) in [6.07, 6.45) is 1.89. The fraction of sp³-hybridized carbons (Fsp3) is 0.222. The maximum absolute atomic E-state index is 15.3. The van der Waals surface area contributed by atoms with E-state index >= 15 is 8.78 Å². The molecule has 2 aromatic rings. The van der Waals surface area contributed by atoms with Crippen LogP contribution in [0.2, 0.25) is 0 Å². The molecule has 4 aliphatic rings. The van der Waals surface area contributed by atoms with Crippen LogP contribution in [0.5, 0.6) is 0 Å². The van der Waals surface area contributed by atoms with Crippen LogP contribution in [0.25, 0.3) is 33.4 Å². The molecule has 0 aromatic heterocycles. The van der Waals surface area contributed by atoms with E-state index in [9.17, 15) is 19.8 Å². The number of aromatic carboxylic acids is 2. The minimum Gasteiger partial charge on any atom is -0.478 e. The van der Waals surface area contributed by atoms with Gasteiger partial charge in [-0.1, -0.05) is 0 Å². The van der Waals surface area contributed by atoms with E-state index in [1.807, 2.05) is 9.48 Å². The van der Waals surface area contributed by atoms with Gasteiger partial charge in [0.1, 0.15) is 30.3 Å². The number of hydrogen-bond donors (Lipinski definition) is 2. The Kier molecular flexibility index (Phi) is 5.03. The van der Waals surface area contributed by atoms with Gasteiger partial charge in [0.15, 0.2) is 5.82 Å². The molecule has 7 nitrogen and oxygen atoms in total. The van der Waals surface area contributed by atoms with Crippen molar-refractivity contribution in [3.05, 3.63) is 70.6 Å². The third-order valence-corrected chi connectivity index (χ3v) is 7.02. The first-order valence-electron chi connectivity index (χ1n) is 11.7. The van der Waals surface area contributed by atoms with E-state index in [-0.39, 0.29) is 33.2 Å². The molecule has 0 amide bonds. The Morgan fingerprint density at radius 1 is 0.889 bits per heavy atom. The molecule has 6 rings (SSSR count). The van der Waals surface area contributed by atoms with Crippen LogP contribution in [-0.2, 0) is 0 Å². The number of rotatable bonds is 4. The highest BCUT2D eigenvalue weighted by atomic mass is 19.1. The molecular formula is C27H21F2N2O5+. The number of fused-ring (bicyclic) bond motifs is 2. The zero-order valence-electron chi connectivity index (χ0n) is 19.1. The summed E-state index contributed by atoms with van der Waals surface area (Å²) in [5.41, 5.74) is 0.797. The van der Waals surface area contributed by atoms with Gasteiger partial charge >= 0.3 is 11.9 Å². The minimum atomic E-state index is -1.29. The average Bonchev–Trinajstić information content (AvgIpc) is 2.76. The molecule has 0 spiro atoms. The Morgan fingerprint density at radius 2 is 1.67 bits per heavy atom. The summed E-state index contributed by atoms with van der Waals surface area (Å²) in [6.45, 7) is 2.82. The van der Waals surface area contributed by atoms with Crippen LogP contribution < -0.4 is 14.8 Å². The van der Waals surface area contributed by atoms with Crippen molar-refractivity contribution in [3.63, 3.8) is 0 Å². The Hall–Kier alpha value is -4.27. The highest BCUT2D eigenvalue weighted by molar-refractivity contribution is 6.09. The van der Waals surface area contributed by atoms with Gasteiger partial charge in [-0.3, -0.25) is 0 Å². The zero-order chi connectivity index (χ0) is 25.1. The molecular weight excluding hydrogens is 470 g/mol. The van der Waals surface area contributed by atoms with Crippen molar-refractivity contribution in [2.45, 2.75) is 12.8 Å². The fourth-order valence-electron chi connectivity index (χ4n) is 4.87. The molecule has 2 fully saturated rings. The lowest BCUT2D eigenvalue weighted by molar-refractivity contribution is 0.0682. The number of carboxylic acids is 2. The average molecular weight is 491 g/mol. The third kappa shape index (κ3) is 3.42. The highest BCUT2D eigenvalue weighted by Gasteiger charge is 2.28. The van der Waals surface area contributed by atoms with Crippen LogP contribution in [0.15, 0.2) is 46.9 Å². The molecule has 182 valence electrons. The van der Waals surface area contributed by atoms with Gasteiger partial charge in [0.2, 0.25) is 5.36 Å². The summed E-state index contributed by atoms with van der Waals surface area (Å²) in [7, 11) is 0. The van der Waals surface area contributed by atoms with Crippen LogP contribution in [0, 0.1) is 11.6 Å². The van der Waals surface area contributed by atoms with Crippen LogP contribution in [0.3, 0.4) is 0 Å². The van der Waals surface area contributed by atoms with Crippen molar-refractivity contribution in [2.75, 3.05) is 31.1 Å². The van der Waals surface area contributed by atoms with Crippen molar-refractivity contribution in [2.24, 2.45) is 0 Å². The normalized spacial score (nSPS) is 15.2. The first-order chi connectivity index (χ1) is 17.3. The summed E-state index contributed by atoms with van der Waals surface area (Å²) < 4.78 is 38.6. The Bertz CT molecular complexity index is 1630. The highest BCUT2D eigenvalue weighted by Crippen LogP contribution is 2.43. The van der Waals surface area contributed by atoms with Crippen molar-refractivity contribution in [3.8, 4) is 22.5 Å². The number of benzene rings is 3. The number of halogens is 2. The Morgan fingerprint density at radius 3 is 2.28 bits per heavy atom. The van der Waals surface area contributed by atoms with E-state index in [2.05, 4.69) is 0 Å². The first kappa shape index (κ1) is 22.2.